The highest BCUT2D eigenvalue weighted by Gasteiger charge is 2.07. The zero-order valence-corrected chi connectivity index (χ0v) is 10.4. The molecule has 2 N–H and O–H groups in total. The third kappa shape index (κ3) is 5.74. The lowest BCUT2D eigenvalue weighted by atomic mass is 10.1. The first kappa shape index (κ1) is 14.6. The van der Waals surface area contributed by atoms with Gasteiger partial charge in [0, 0.05) is 0 Å². The molecule has 0 amide bonds. The minimum absolute atomic E-state index is 0.0000676. The van der Waals surface area contributed by atoms with Gasteiger partial charge in [-0.3, -0.25) is 15.2 Å². The Kier molecular flexibility index (Phi) is 5.73. The van der Waals surface area contributed by atoms with Gasteiger partial charge in [-0.05, 0) is 25.0 Å². The van der Waals surface area contributed by atoms with Gasteiger partial charge < -0.3 is 4.74 Å². The standard InChI is InChI=1S/C12H17NO5/c1-9(2)18-12(14)7-10-4-3-5-11(6-10)8-17-13(15)16/h3-6,9,15-16H,7-8H2,1-2H3. The van der Waals surface area contributed by atoms with Crippen LogP contribution in [0.1, 0.15) is 25.0 Å². The first-order valence-corrected chi connectivity index (χ1v) is 5.55. The minimum atomic E-state index is -0.348. The fourth-order valence-corrected chi connectivity index (χ4v) is 1.43. The summed E-state index contributed by atoms with van der Waals surface area (Å²) in [7, 11) is 0. The maximum Gasteiger partial charge on any atom is 0.310 e. The lowest BCUT2D eigenvalue weighted by Crippen LogP contribution is -2.15. The molecule has 18 heavy (non-hydrogen) atoms. The van der Waals surface area contributed by atoms with Crippen molar-refractivity contribution in [1.29, 1.82) is 0 Å². The number of carbonyl (C=O) groups is 1. The Balaban J connectivity index is 2.56. The number of benzene rings is 1. The first-order valence-electron chi connectivity index (χ1n) is 5.55. The smallest absolute Gasteiger partial charge is 0.310 e. The predicted octanol–water partition coefficient (Wildman–Crippen LogP) is 1.69. The van der Waals surface area contributed by atoms with Gasteiger partial charge in [0.25, 0.3) is 0 Å². The Morgan fingerprint density at radius 3 is 2.61 bits per heavy atom. The molecule has 0 saturated heterocycles. The highest BCUT2D eigenvalue weighted by molar-refractivity contribution is 5.72. The number of ether oxygens (including phenoxy) is 1. The van der Waals surface area contributed by atoms with Crippen LogP contribution >= 0.6 is 0 Å². The molecule has 100 valence electrons. The van der Waals surface area contributed by atoms with Crippen LogP contribution in [-0.2, 0) is 27.4 Å². The van der Waals surface area contributed by atoms with Gasteiger partial charge >= 0.3 is 5.97 Å². The molecular formula is C12H17NO5. The van der Waals surface area contributed by atoms with Crippen molar-refractivity contribution in [1.82, 2.24) is 5.39 Å². The second-order valence-corrected chi connectivity index (χ2v) is 4.06. The van der Waals surface area contributed by atoms with Crippen molar-refractivity contribution < 1.29 is 24.8 Å². The van der Waals surface area contributed by atoms with Gasteiger partial charge in [-0.15, -0.1) is 0 Å². The monoisotopic (exact) mass is 255 g/mol. The third-order valence-electron chi connectivity index (χ3n) is 2.05. The average Bonchev–Trinajstić information content (AvgIpc) is 2.25. The SMILES string of the molecule is CC(C)OC(=O)Cc1cccc(CON(O)O)c1. The largest absolute Gasteiger partial charge is 0.463 e. The molecule has 1 aromatic carbocycles. The average molecular weight is 255 g/mol. The minimum Gasteiger partial charge on any atom is -0.463 e. The quantitative estimate of drug-likeness (QED) is 0.595. The van der Waals surface area contributed by atoms with Crippen molar-refractivity contribution in [3.63, 3.8) is 0 Å². The highest BCUT2D eigenvalue weighted by atomic mass is 17.1. The summed E-state index contributed by atoms with van der Waals surface area (Å²) < 4.78 is 5.03. The van der Waals surface area contributed by atoms with Crippen LogP contribution in [-0.4, -0.2) is 27.9 Å². The maximum absolute atomic E-state index is 11.5. The van der Waals surface area contributed by atoms with Crippen LogP contribution in [0.3, 0.4) is 0 Å². The third-order valence-corrected chi connectivity index (χ3v) is 2.05. The summed E-state index contributed by atoms with van der Waals surface area (Å²) >= 11 is 0. The van der Waals surface area contributed by atoms with Crippen molar-refractivity contribution in [3.05, 3.63) is 35.4 Å². The van der Waals surface area contributed by atoms with Crippen LogP contribution < -0.4 is 0 Å². The number of hydrogen-bond acceptors (Lipinski definition) is 6. The van der Waals surface area contributed by atoms with Crippen LogP contribution in [0, 0.1) is 0 Å². The molecule has 0 radical (unpaired) electrons. The molecule has 0 bridgehead atoms. The van der Waals surface area contributed by atoms with E-state index in [1.165, 1.54) is 0 Å². The Hall–Kier alpha value is -1.47. The van der Waals surface area contributed by atoms with E-state index in [9.17, 15) is 4.79 Å². The van der Waals surface area contributed by atoms with Crippen molar-refractivity contribution in [3.8, 4) is 0 Å². The fraction of sp³-hybridized carbons (Fsp3) is 0.417. The highest BCUT2D eigenvalue weighted by Crippen LogP contribution is 2.09. The molecule has 0 aliphatic carbocycles. The molecule has 0 spiro atoms. The Morgan fingerprint density at radius 1 is 1.33 bits per heavy atom. The lowest BCUT2D eigenvalue weighted by molar-refractivity contribution is -0.497. The van der Waals surface area contributed by atoms with Crippen LogP contribution in [0.5, 0.6) is 0 Å². The van der Waals surface area contributed by atoms with Crippen molar-refractivity contribution >= 4 is 5.97 Å². The molecule has 0 unspecified atom stereocenters. The summed E-state index contributed by atoms with van der Waals surface area (Å²) in [5.74, 6) is -0.297. The van der Waals surface area contributed by atoms with Crippen LogP contribution in [0.4, 0.5) is 0 Å². The molecule has 6 nitrogen and oxygen atoms in total. The molecule has 0 saturated carbocycles. The van der Waals surface area contributed by atoms with Crippen LogP contribution in [0.25, 0.3) is 0 Å². The van der Waals surface area contributed by atoms with E-state index >= 15 is 0 Å². The molecule has 0 heterocycles. The number of carbonyl (C=O) groups excluding carboxylic acids is 1. The van der Waals surface area contributed by atoms with Crippen molar-refractivity contribution in [2.75, 3.05) is 0 Å². The van der Waals surface area contributed by atoms with E-state index in [-0.39, 0.29) is 30.5 Å². The Bertz CT molecular complexity index is 392. The topological polar surface area (TPSA) is 79.2 Å². The number of hydrogen-bond donors (Lipinski definition) is 2. The van der Waals surface area contributed by atoms with E-state index in [1.54, 1.807) is 38.1 Å². The zero-order valence-electron chi connectivity index (χ0n) is 10.4. The predicted molar refractivity (Wildman–Crippen MR) is 61.6 cm³/mol. The van der Waals surface area contributed by atoms with E-state index in [0.717, 1.165) is 11.1 Å². The van der Waals surface area contributed by atoms with Gasteiger partial charge in [-0.2, -0.15) is 0 Å². The van der Waals surface area contributed by atoms with Gasteiger partial charge in [0.2, 0.25) is 0 Å². The van der Waals surface area contributed by atoms with E-state index in [4.69, 9.17) is 15.2 Å². The first-order chi connectivity index (χ1) is 8.47. The zero-order chi connectivity index (χ0) is 13.5. The van der Waals surface area contributed by atoms with Crippen LogP contribution in [0.2, 0.25) is 0 Å². The summed E-state index contributed by atoms with van der Waals surface area (Å²) in [6.07, 6.45) is 0.0370. The van der Waals surface area contributed by atoms with Crippen molar-refractivity contribution in [2.45, 2.75) is 33.0 Å². The normalized spacial score (nSPS) is 11.0. The summed E-state index contributed by atoms with van der Waals surface area (Å²) in [5.41, 5.74) is 1.50. The molecule has 6 heteroatoms. The van der Waals surface area contributed by atoms with Gasteiger partial charge in [-0.25, -0.2) is 4.84 Å². The Labute approximate surface area is 105 Å². The summed E-state index contributed by atoms with van der Waals surface area (Å²) in [5, 5.41) is 16.5. The van der Waals surface area contributed by atoms with Gasteiger partial charge in [-0.1, -0.05) is 24.3 Å². The van der Waals surface area contributed by atoms with Crippen molar-refractivity contribution in [2.24, 2.45) is 0 Å². The fourth-order valence-electron chi connectivity index (χ4n) is 1.43. The molecule has 0 fully saturated rings. The summed E-state index contributed by atoms with van der Waals surface area (Å²) in [4.78, 5) is 15.9. The molecule has 0 aliphatic rings. The number of rotatable bonds is 6. The second kappa shape index (κ2) is 7.07. The van der Waals surface area contributed by atoms with E-state index in [2.05, 4.69) is 4.84 Å². The Morgan fingerprint density at radius 2 is 2.00 bits per heavy atom. The number of esters is 1. The van der Waals surface area contributed by atoms with E-state index < -0.39 is 0 Å². The maximum atomic E-state index is 11.5. The number of nitrogens with zero attached hydrogens (tertiary/aromatic N) is 1. The summed E-state index contributed by atoms with van der Waals surface area (Å²) in [6, 6.07) is 7.04. The molecule has 0 aromatic heterocycles. The van der Waals surface area contributed by atoms with Gasteiger partial charge in [0.1, 0.15) is 0 Å². The molecule has 0 aliphatic heterocycles. The van der Waals surface area contributed by atoms with Crippen LogP contribution in [0.15, 0.2) is 24.3 Å². The summed E-state index contributed by atoms with van der Waals surface area (Å²) in [6.45, 7) is 3.58. The molecular weight excluding hydrogens is 238 g/mol. The molecule has 0 atom stereocenters. The van der Waals surface area contributed by atoms with Gasteiger partial charge in [0.05, 0.1) is 24.5 Å². The lowest BCUT2D eigenvalue weighted by Gasteiger charge is -2.09. The van der Waals surface area contributed by atoms with E-state index in [0.29, 0.717) is 0 Å². The molecule has 1 aromatic rings. The van der Waals surface area contributed by atoms with E-state index in [1.807, 2.05) is 0 Å². The molecule has 1 rings (SSSR count). The van der Waals surface area contributed by atoms with Gasteiger partial charge in [0.15, 0.2) is 0 Å². The second-order valence-electron chi connectivity index (χ2n) is 4.06.